The number of nitrogens with one attached hydrogen (secondary N) is 1. The Kier molecular flexibility index (Phi) is 7.67. The molecule has 7 heteroatoms. The van der Waals surface area contributed by atoms with Crippen molar-refractivity contribution in [3.8, 4) is 28.7 Å². The molecule has 4 aromatic rings. The molecule has 0 bridgehead atoms. The van der Waals surface area contributed by atoms with Crippen LogP contribution in [0.1, 0.15) is 30.1 Å². The average Bonchev–Trinajstić information content (AvgIpc) is 2.89. The number of nitrogens with zero attached hydrogens (tertiary/aromatic N) is 1. The highest BCUT2D eigenvalue weighted by molar-refractivity contribution is 6.04. The summed E-state index contributed by atoms with van der Waals surface area (Å²) < 4.78 is 22.5. The molecule has 0 spiro atoms. The van der Waals surface area contributed by atoms with Crippen molar-refractivity contribution in [3.05, 3.63) is 78.5 Å². The fraction of sp³-hybridized carbons (Fsp3) is 0.214. The van der Waals surface area contributed by atoms with E-state index in [1.807, 2.05) is 24.3 Å². The molecule has 0 aliphatic carbocycles. The Hall–Kier alpha value is -4.26. The van der Waals surface area contributed by atoms with Gasteiger partial charge in [0.15, 0.2) is 11.5 Å². The van der Waals surface area contributed by atoms with Crippen molar-refractivity contribution >= 4 is 22.5 Å². The molecule has 35 heavy (non-hydrogen) atoms. The summed E-state index contributed by atoms with van der Waals surface area (Å²) in [4.78, 5) is 17.0. The Balaban J connectivity index is 1.43. The highest BCUT2D eigenvalue weighted by atomic mass is 16.5. The summed E-state index contributed by atoms with van der Waals surface area (Å²) in [6.45, 7) is 2.79. The third-order valence-electron chi connectivity index (χ3n) is 5.43. The third-order valence-corrected chi connectivity index (χ3v) is 5.43. The molecule has 4 rings (SSSR count). The third kappa shape index (κ3) is 5.81. The lowest BCUT2D eigenvalue weighted by molar-refractivity contribution is 0.102. The van der Waals surface area contributed by atoms with Crippen LogP contribution in [0.2, 0.25) is 0 Å². The van der Waals surface area contributed by atoms with E-state index in [0.29, 0.717) is 40.9 Å². The van der Waals surface area contributed by atoms with Crippen molar-refractivity contribution in [1.29, 1.82) is 0 Å². The van der Waals surface area contributed by atoms with Gasteiger partial charge < -0.3 is 24.3 Å². The maximum atomic E-state index is 12.6. The Morgan fingerprint density at radius 3 is 2.23 bits per heavy atom. The molecule has 0 atom stereocenters. The van der Waals surface area contributed by atoms with Crippen LogP contribution in [0.3, 0.4) is 0 Å². The van der Waals surface area contributed by atoms with E-state index in [1.165, 1.54) is 0 Å². The number of rotatable bonds is 10. The van der Waals surface area contributed by atoms with Gasteiger partial charge in [-0.25, -0.2) is 0 Å². The molecule has 1 aromatic heterocycles. The lowest BCUT2D eigenvalue weighted by Gasteiger charge is -2.13. The quantitative estimate of drug-likeness (QED) is 0.266. The fourth-order valence-electron chi connectivity index (χ4n) is 3.51. The van der Waals surface area contributed by atoms with E-state index in [9.17, 15) is 4.79 Å². The number of unbranched alkanes of at least 4 members (excludes halogenated alkanes) is 1. The lowest BCUT2D eigenvalue weighted by atomic mass is 10.1. The number of aromatic nitrogens is 1. The van der Waals surface area contributed by atoms with Crippen LogP contribution in [-0.4, -0.2) is 31.7 Å². The van der Waals surface area contributed by atoms with E-state index in [1.54, 1.807) is 62.9 Å². The molecule has 180 valence electrons. The Morgan fingerprint density at radius 2 is 1.54 bits per heavy atom. The summed E-state index contributed by atoms with van der Waals surface area (Å²) >= 11 is 0. The number of hydrogen-bond acceptors (Lipinski definition) is 6. The molecule has 0 unspecified atom stereocenters. The topological polar surface area (TPSA) is 78.9 Å². The smallest absolute Gasteiger partial charge is 0.255 e. The number of carbonyl (C=O) groups is 1. The van der Waals surface area contributed by atoms with Crippen LogP contribution >= 0.6 is 0 Å². The van der Waals surface area contributed by atoms with Crippen LogP contribution < -0.4 is 24.3 Å². The number of methoxy groups -OCH3 is 2. The standard InChI is InChI=1S/C28H28N2O5/c1-4-5-16-34-21-10-6-19(7-11-21)28(31)30-20-8-12-22(13-9-20)35-25-14-15-29-24-18-27(33-3)26(32-2)17-23(24)25/h6-15,17-18H,4-5,16H2,1-3H3,(H,30,31). The first-order valence-electron chi connectivity index (χ1n) is 11.4. The normalized spacial score (nSPS) is 10.6. The molecule has 0 aliphatic rings. The molecular formula is C28H28N2O5. The van der Waals surface area contributed by atoms with Crippen LogP contribution in [0.25, 0.3) is 10.9 Å². The summed E-state index contributed by atoms with van der Waals surface area (Å²) in [6.07, 6.45) is 3.76. The molecular weight excluding hydrogens is 444 g/mol. The van der Waals surface area contributed by atoms with Gasteiger partial charge in [-0.15, -0.1) is 0 Å². The second-order valence-electron chi connectivity index (χ2n) is 7.84. The minimum Gasteiger partial charge on any atom is -0.494 e. The van der Waals surface area contributed by atoms with E-state index >= 15 is 0 Å². The first-order chi connectivity index (χ1) is 17.1. The predicted molar refractivity (Wildman–Crippen MR) is 136 cm³/mol. The van der Waals surface area contributed by atoms with Crippen molar-refractivity contribution in [3.63, 3.8) is 0 Å². The molecule has 0 saturated carbocycles. The van der Waals surface area contributed by atoms with Crippen molar-refractivity contribution < 1.29 is 23.7 Å². The second kappa shape index (κ2) is 11.2. The minimum atomic E-state index is -0.194. The summed E-state index contributed by atoms with van der Waals surface area (Å²) in [5.41, 5.74) is 1.95. The molecule has 0 aliphatic heterocycles. The average molecular weight is 473 g/mol. The molecule has 1 amide bonds. The largest absolute Gasteiger partial charge is 0.494 e. The fourth-order valence-corrected chi connectivity index (χ4v) is 3.51. The Morgan fingerprint density at radius 1 is 0.857 bits per heavy atom. The van der Waals surface area contributed by atoms with Gasteiger partial charge in [0.25, 0.3) is 5.91 Å². The van der Waals surface area contributed by atoms with Gasteiger partial charge in [0, 0.05) is 28.9 Å². The number of benzene rings is 3. The highest BCUT2D eigenvalue weighted by Crippen LogP contribution is 2.37. The van der Waals surface area contributed by atoms with Gasteiger partial charge >= 0.3 is 0 Å². The van der Waals surface area contributed by atoms with Crippen molar-refractivity contribution in [1.82, 2.24) is 4.98 Å². The van der Waals surface area contributed by atoms with Gasteiger partial charge in [-0.3, -0.25) is 9.78 Å². The first kappa shape index (κ1) is 23.9. The summed E-state index contributed by atoms with van der Waals surface area (Å²) in [7, 11) is 3.17. The number of fused-ring (bicyclic) bond motifs is 1. The molecule has 0 radical (unpaired) electrons. The predicted octanol–water partition coefficient (Wildman–Crippen LogP) is 6.48. The van der Waals surface area contributed by atoms with Crippen LogP contribution in [-0.2, 0) is 0 Å². The molecule has 7 nitrogen and oxygen atoms in total. The maximum absolute atomic E-state index is 12.6. The molecule has 0 saturated heterocycles. The number of anilines is 1. The van der Waals surface area contributed by atoms with Crippen molar-refractivity contribution in [2.45, 2.75) is 19.8 Å². The van der Waals surface area contributed by atoms with E-state index in [0.717, 1.165) is 29.5 Å². The van der Waals surface area contributed by atoms with Gasteiger partial charge in [0.2, 0.25) is 0 Å². The highest BCUT2D eigenvalue weighted by Gasteiger charge is 2.12. The van der Waals surface area contributed by atoms with E-state index in [4.69, 9.17) is 18.9 Å². The number of carbonyl (C=O) groups excluding carboxylic acids is 1. The Labute approximate surface area is 204 Å². The number of amides is 1. The second-order valence-corrected chi connectivity index (χ2v) is 7.84. The zero-order chi connectivity index (χ0) is 24.6. The first-order valence-corrected chi connectivity index (χ1v) is 11.4. The minimum absolute atomic E-state index is 0.194. The maximum Gasteiger partial charge on any atom is 0.255 e. The van der Waals surface area contributed by atoms with E-state index in [2.05, 4.69) is 17.2 Å². The van der Waals surface area contributed by atoms with E-state index < -0.39 is 0 Å². The van der Waals surface area contributed by atoms with Crippen molar-refractivity contribution in [2.24, 2.45) is 0 Å². The van der Waals surface area contributed by atoms with Gasteiger partial charge in [-0.05, 0) is 67.1 Å². The number of hydrogen-bond donors (Lipinski definition) is 1. The van der Waals surface area contributed by atoms with Gasteiger partial charge in [-0.2, -0.15) is 0 Å². The summed E-state index contributed by atoms with van der Waals surface area (Å²) in [6, 6.07) is 19.8. The molecule has 1 heterocycles. The van der Waals surface area contributed by atoms with Crippen LogP contribution in [0, 0.1) is 0 Å². The molecule has 3 aromatic carbocycles. The van der Waals surface area contributed by atoms with Crippen LogP contribution in [0.15, 0.2) is 72.9 Å². The van der Waals surface area contributed by atoms with Crippen molar-refractivity contribution in [2.75, 3.05) is 26.1 Å². The zero-order valence-electron chi connectivity index (χ0n) is 20.0. The summed E-state index contributed by atoms with van der Waals surface area (Å²) in [5.74, 6) is 3.02. The monoisotopic (exact) mass is 472 g/mol. The SMILES string of the molecule is CCCCOc1ccc(C(=O)Nc2ccc(Oc3ccnc4cc(OC)c(OC)cc34)cc2)cc1. The lowest BCUT2D eigenvalue weighted by Crippen LogP contribution is -2.11. The number of ether oxygens (including phenoxy) is 4. The van der Waals surface area contributed by atoms with Gasteiger partial charge in [-0.1, -0.05) is 13.3 Å². The molecule has 1 N–H and O–H groups in total. The molecule has 0 fully saturated rings. The van der Waals surface area contributed by atoms with Gasteiger partial charge in [0.1, 0.15) is 17.2 Å². The van der Waals surface area contributed by atoms with Crippen LogP contribution in [0.4, 0.5) is 5.69 Å². The van der Waals surface area contributed by atoms with E-state index in [-0.39, 0.29) is 5.91 Å². The van der Waals surface area contributed by atoms with Crippen LogP contribution in [0.5, 0.6) is 28.7 Å². The number of pyridine rings is 1. The zero-order valence-corrected chi connectivity index (χ0v) is 20.0. The summed E-state index contributed by atoms with van der Waals surface area (Å²) in [5, 5.41) is 3.70. The Bertz CT molecular complexity index is 1290. The van der Waals surface area contributed by atoms with Gasteiger partial charge in [0.05, 0.1) is 26.3 Å².